The Balaban J connectivity index is 2.56. The van der Waals surface area contributed by atoms with Crippen LogP contribution in [0.25, 0.3) is 0 Å². The molecule has 0 aromatic carbocycles. The molecule has 0 fully saturated rings. The molecule has 0 atom stereocenters. The van der Waals surface area contributed by atoms with E-state index in [0.717, 1.165) is 0 Å². The maximum Gasteiger partial charge on any atom is 0.389 e. The number of aromatic nitrogens is 1. The first-order chi connectivity index (χ1) is 8.29. The molecule has 1 aromatic rings. The summed E-state index contributed by atoms with van der Waals surface area (Å²) in [6.07, 6.45) is -5.47. The second-order valence-corrected chi connectivity index (χ2v) is 3.46. The fourth-order valence-corrected chi connectivity index (χ4v) is 1.13. The lowest BCUT2D eigenvalue weighted by Gasteiger charge is -2.09. The molecule has 0 radical (unpaired) electrons. The van der Waals surface area contributed by atoms with Crippen molar-refractivity contribution in [3.63, 3.8) is 0 Å². The van der Waals surface area contributed by atoms with Crippen LogP contribution >= 0.6 is 0 Å². The number of carbonyl (C=O) groups is 1. The van der Waals surface area contributed by atoms with Crippen molar-refractivity contribution in [2.24, 2.45) is 0 Å². The van der Waals surface area contributed by atoms with Crippen LogP contribution in [0.4, 0.5) is 18.9 Å². The smallest absolute Gasteiger partial charge is 0.389 e. The molecule has 0 bridgehead atoms. The molecule has 0 unspecified atom stereocenters. The number of pyridine rings is 1. The molecule has 1 rings (SSSR count). The third kappa shape index (κ3) is 4.48. The first-order valence-corrected chi connectivity index (χ1v) is 4.99. The molecule has 100 valence electrons. The highest BCUT2D eigenvalue weighted by atomic mass is 19.4. The van der Waals surface area contributed by atoms with Crippen molar-refractivity contribution < 1.29 is 27.8 Å². The molecule has 18 heavy (non-hydrogen) atoms. The Morgan fingerprint density at radius 2 is 2.11 bits per heavy atom. The summed E-state index contributed by atoms with van der Waals surface area (Å²) in [5.41, 5.74) is 5.25. The summed E-state index contributed by atoms with van der Waals surface area (Å²) in [7, 11) is 0. The monoisotopic (exact) mass is 264 g/mol. The Morgan fingerprint density at radius 1 is 1.44 bits per heavy atom. The van der Waals surface area contributed by atoms with E-state index in [-0.39, 0.29) is 30.3 Å². The number of alkyl halides is 3. The summed E-state index contributed by atoms with van der Waals surface area (Å²) >= 11 is 0. The molecule has 0 aliphatic carbocycles. The van der Waals surface area contributed by atoms with Gasteiger partial charge >= 0.3 is 12.1 Å². The number of nitrogens with zero attached hydrogens (tertiary/aromatic N) is 1. The molecule has 0 aliphatic heterocycles. The van der Waals surface area contributed by atoms with Crippen molar-refractivity contribution in [1.29, 1.82) is 0 Å². The number of halogens is 3. The number of rotatable bonds is 5. The summed E-state index contributed by atoms with van der Waals surface area (Å²) < 4.78 is 40.5. The minimum absolute atomic E-state index is 0.0759. The zero-order valence-corrected chi connectivity index (χ0v) is 9.20. The molecule has 8 heteroatoms. The van der Waals surface area contributed by atoms with Gasteiger partial charge in [0.25, 0.3) is 0 Å². The van der Waals surface area contributed by atoms with Crippen LogP contribution in [0.15, 0.2) is 12.1 Å². The maximum absolute atomic E-state index is 11.9. The molecular weight excluding hydrogens is 253 g/mol. The van der Waals surface area contributed by atoms with Crippen LogP contribution in [-0.2, 0) is 0 Å². The third-order valence-corrected chi connectivity index (χ3v) is 1.95. The van der Waals surface area contributed by atoms with Crippen molar-refractivity contribution in [2.75, 3.05) is 12.3 Å². The standard InChI is InChI=1S/C10H11F3N2O3/c11-10(12,13)4-1-5-18-8-6(14)2-3-7(15-8)9(16)17/h2-3H,1,4-5,14H2,(H,16,17). The lowest BCUT2D eigenvalue weighted by molar-refractivity contribution is -0.136. The number of nitrogens with two attached hydrogens (primary N) is 1. The van der Waals surface area contributed by atoms with Crippen LogP contribution in [0, 0.1) is 0 Å². The van der Waals surface area contributed by atoms with E-state index in [1.165, 1.54) is 12.1 Å². The predicted octanol–water partition coefficient (Wildman–Crippen LogP) is 2.08. The van der Waals surface area contributed by atoms with E-state index in [9.17, 15) is 18.0 Å². The summed E-state index contributed by atoms with van der Waals surface area (Å²) in [6.45, 7) is -0.236. The number of aromatic carboxylic acids is 1. The molecule has 1 heterocycles. The number of nitrogen functional groups attached to an aromatic ring is 1. The van der Waals surface area contributed by atoms with Crippen molar-refractivity contribution >= 4 is 11.7 Å². The van der Waals surface area contributed by atoms with Gasteiger partial charge in [-0.15, -0.1) is 0 Å². The summed E-state index contributed by atoms with van der Waals surface area (Å²) in [5, 5.41) is 8.67. The van der Waals surface area contributed by atoms with E-state index in [2.05, 4.69) is 4.98 Å². The highest BCUT2D eigenvalue weighted by Gasteiger charge is 2.26. The normalized spacial score (nSPS) is 11.3. The van der Waals surface area contributed by atoms with Crippen LogP contribution in [0.3, 0.4) is 0 Å². The van der Waals surface area contributed by atoms with Crippen molar-refractivity contribution in [2.45, 2.75) is 19.0 Å². The Bertz CT molecular complexity index is 435. The van der Waals surface area contributed by atoms with Crippen LogP contribution in [0.5, 0.6) is 5.88 Å². The molecule has 5 nitrogen and oxygen atoms in total. The van der Waals surface area contributed by atoms with Gasteiger partial charge in [-0.3, -0.25) is 0 Å². The van der Waals surface area contributed by atoms with Crippen LogP contribution in [0.2, 0.25) is 0 Å². The molecule has 0 aliphatic rings. The molecule has 0 amide bonds. The molecule has 0 saturated heterocycles. The van der Waals surface area contributed by atoms with E-state index >= 15 is 0 Å². The lowest BCUT2D eigenvalue weighted by atomic mass is 10.3. The molecule has 0 spiro atoms. The number of anilines is 1. The van der Waals surface area contributed by atoms with Gasteiger partial charge in [-0.1, -0.05) is 0 Å². The number of hydrogen-bond donors (Lipinski definition) is 2. The molecular formula is C10H11F3N2O3. The van der Waals surface area contributed by atoms with Crippen molar-refractivity contribution in [3.05, 3.63) is 17.8 Å². The minimum atomic E-state index is -4.24. The van der Waals surface area contributed by atoms with Gasteiger partial charge in [0.1, 0.15) is 0 Å². The number of carboxylic acid groups (broad SMARTS) is 1. The largest absolute Gasteiger partial charge is 0.477 e. The molecule has 1 aromatic heterocycles. The Labute approximate surface area is 100 Å². The Morgan fingerprint density at radius 3 is 2.67 bits per heavy atom. The topological polar surface area (TPSA) is 85.4 Å². The second-order valence-electron chi connectivity index (χ2n) is 3.46. The third-order valence-electron chi connectivity index (χ3n) is 1.95. The van der Waals surface area contributed by atoms with E-state index < -0.39 is 18.6 Å². The van der Waals surface area contributed by atoms with Gasteiger partial charge in [0.2, 0.25) is 5.88 Å². The van der Waals surface area contributed by atoms with Crippen molar-refractivity contribution in [3.8, 4) is 5.88 Å². The quantitative estimate of drug-likeness (QED) is 0.795. The fraction of sp³-hybridized carbons (Fsp3) is 0.400. The van der Waals surface area contributed by atoms with E-state index in [0.29, 0.717) is 0 Å². The average molecular weight is 264 g/mol. The number of hydrogen-bond acceptors (Lipinski definition) is 4. The first kappa shape index (κ1) is 14.1. The summed E-state index contributed by atoms with van der Waals surface area (Å²) in [4.78, 5) is 14.2. The van der Waals surface area contributed by atoms with Crippen LogP contribution < -0.4 is 10.5 Å². The first-order valence-electron chi connectivity index (χ1n) is 4.99. The van der Waals surface area contributed by atoms with E-state index in [1.54, 1.807) is 0 Å². The highest BCUT2D eigenvalue weighted by molar-refractivity contribution is 5.86. The summed E-state index contributed by atoms with van der Waals surface area (Å²) in [5.74, 6) is -1.44. The van der Waals surface area contributed by atoms with Crippen LogP contribution in [-0.4, -0.2) is 28.8 Å². The number of carboxylic acids is 1. The van der Waals surface area contributed by atoms with Gasteiger partial charge in [-0.25, -0.2) is 9.78 Å². The fourth-order valence-electron chi connectivity index (χ4n) is 1.13. The van der Waals surface area contributed by atoms with Gasteiger partial charge in [-0.05, 0) is 18.6 Å². The predicted molar refractivity (Wildman–Crippen MR) is 56.4 cm³/mol. The highest BCUT2D eigenvalue weighted by Crippen LogP contribution is 2.22. The molecule has 0 saturated carbocycles. The van der Waals surface area contributed by atoms with Gasteiger partial charge in [-0.2, -0.15) is 13.2 Å². The lowest BCUT2D eigenvalue weighted by Crippen LogP contribution is -2.11. The average Bonchev–Trinajstić information content (AvgIpc) is 2.24. The second kappa shape index (κ2) is 5.56. The van der Waals surface area contributed by atoms with Gasteiger partial charge < -0.3 is 15.6 Å². The molecule has 3 N–H and O–H groups in total. The number of ether oxygens (including phenoxy) is 1. The van der Waals surface area contributed by atoms with E-state index in [1.807, 2.05) is 0 Å². The zero-order valence-electron chi connectivity index (χ0n) is 9.20. The van der Waals surface area contributed by atoms with Crippen LogP contribution in [0.1, 0.15) is 23.3 Å². The van der Waals surface area contributed by atoms with E-state index in [4.69, 9.17) is 15.6 Å². The Kier molecular flexibility index (Phi) is 4.35. The maximum atomic E-state index is 11.9. The van der Waals surface area contributed by atoms with Crippen molar-refractivity contribution in [1.82, 2.24) is 4.98 Å². The SMILES string of the molecule is Nc1ccc(C(=O)O)nc1OCCCC(F)(F)F. The van der Waals surface area contributed by atoms with Gasteiger partial charge in [0, 0.05) is 6.42 Å². The Hall–Kier alpha value is -1.99. The zero-order chi connectivity index (χ0) is 13.8. The summed E-state index contributed by atoms with van der Waals surface area (Å²) in [6, 6.07) is 2.45. The van der Waals surface area contributed by atoms with Gasteiger partial charge in [0.15, 0.2) is 5.69 Å². The minimum Gasteiger partial charge on any atom is -0.477 e. The van der Waals surface area contributed by atoms with Gasteiger partial charge in [0.05, 0.1) is 12.3 Å².